The summed E-state index contributed by atoms with van der Waals surface area (Å²) in [6.45, 7) is 3.86. The van der Waals surface area contributed by atoms with Crippen molar-refractivity contribution >= 4 is 17.4 Å². The number of aryl methyl sites for hydroxylation is 1. The molecule has 0 aromatic heterocycles. The molecule has 23 heavy (non-hydrogen) atoms. The van der Waals surface area contributed by atoms with E-state index in [1.54, 1.807) is 18.2 Å². The van der Waals surface area contributed by atoms with Crippen LogP contribution in [0.1, 0.15) is 51.3 Å². The number of benzene rings is 2. The van der Waals surface area contributed by atoms with E-state index in [4.69, 9.17) is 5.73 Å². The van der Waals surface area contributed by atoms with Gasteiger partial charge >= 0.3 is 5.97 Å². The van der Waals surface area contributed by atoms with Crippen molar-refractivity contribution in [3.05, 3.63) is 58.1 Å². The van der Waals surface area contributed by atoms with E-state index in [0.29, 0.717) is 12.8 Å². The Kier molecular flexibility index (Phi) is 4.69. The van der Waals surface area contributed by atoms with Crippen molar-refractivity contribution in [2.45, 2.75) is 26.7 Å². The Balaban J connectivity index is 2.66. The van der Waals surface area contributed by atoms with Crippen LogP contribution in [-0.2, 0) is 12.8 Å². The van der Waals surface area contributed by atoms with E-state index >= 15 is 0 Å². The molecule has 0 unspecified atom stereocenters. The molecule has 0 amide bonds. The Bertz CT molecular complexity index is 781. The second-order valence-electron chi connectivity index (χ2n) is 5.21. The van der Waals surface area contributed by atoms with Gasteiger partial charge in [0.2, 0.25) is 0 Å². The largest absolute Gasteiger partial charge is 0.505 e. The third-order valence-electron chi connectivity index (χ3n) is 3.92. The zero-order valence-electron chi connectivity index (χ0n) is 13.1. The van der Waals surface area contributed by atoms with Gasteiger partial charge < -0.3 is 15.9 Å². The number of hydrogen-bond acceptors (Lipinski definition) is 4. The number of carboxylic acid groups (broad SMARTS) is 1. The van der Waals surface area contributed by atoms with Gasteiger partial charge in [0, 0.05) is 5.56 Å². The Labute approximate surface area is 134 Å². The zero-order valence-corrected chi connectivity index (χ0v) is 13.1. The highest BCUT2D eigenvalue weighted by atomic mass is 16.4. The molecule has 0 atom stereocenters. The van der Waals surface area contributed by atoms with Crippen LogP contribution in [0.15, 0.2) is 30.3 Å². The molecule has 2 rings (SSSR count). The molecule has 2 aromatic rings. The van der Waals surface area contributed by atoms with E-state index in [0.717, 1.165) is 11.1 Å². The number of rotatable bonds is 5. The first-order valence-corrected chi connectivity index (χ1v) is 7.42. The highest BCUT2D eigenvalue weighted by Crippen LogP contribution is 2.34. The van der Waals surface area contributed by atoms with Crippen molar-refractivity contribution in [2.24, 2.45) is 0 Å². The molecule has 4 N–H and O–H groups in total. The average Bonchev–Trinajstić information content (AvgIpc) is 2.56. The van der Waals surface area contributed by atoms with Crippen LogP contribution in [0.25, 0.3) is 0 Å². The second-order valence-corrected chi connectivity index (χ2v) is 5.21. The zero-order chi connectivity index (χ0) is 17.1. The fourth-order valence-corrected chi connectivity index (χ4v) is 2.71. The quantitative estimate of drug-likeness (QED) is 0.447. The number of phenolic OH excluding ortho intramolecular Hbond substituents is 1. The van der Waals surface area contributed by atoms with Crippen molar-refractivity contribution in [3.63, 3.8) is 0 Å². The number of carboxylic acids is 1. The molecule has 0 aliphatic heterocycles. The number of aromatic hydroxyl groups is 1. The molecule has 0 saturated heterocycles. The topological polar surface area (TPSA) is 101 Å². The molecular weight excluding hydrogens is 294 g/mol. The maximum absolute atomic E-state index is 12.7. The van der Waals surface area contributed by atoms with Gasteiger partial charge in [-0.2, -0.15) is 0 Å². The molecule has 0 spiro atoms. The highest BCUT2D eigenvalue weighted by molar-refractivity contribution is 6.16. The fraction of sp³-hybridized carbons (Fsp3) is 0.222. The number of carbonyl (C=O) groups excluding carboxylic acids is 1. The summed E-state index contributed by atoms with van der Waals surface area (Å²) in [4.78, 5) is 24.0. The van der Waals surface area contributed by atoms with Crippen molar-refractivity contribution in [1.82, 2.24) is 0 Å². The Morgan fingerprint density at radius 1 is 1.04 bits per heavy atom. The number of nitrogen functional groups attached to an aromatic ring is 1. The monoisotopic (exact) mass is 313 g/mol. The van der Waals surface area contributed by atoms with Crippen LogP contribution in [0, 0.1) is 0 Å². The molecule has 0 saturated carbocycles. The van der Waals surface area contributed by atoms with Gasteiger partial charge in [0.25, 0.3) is 0 Å². The van der Waals surface area contributed by atoms with Crippen LogP contribution in [0.2, 0.25) is 0 Å². The normalized spacial score (nSPS) is 10.5. The highest BCUT2D eigenvalue weighted by Gasteiger charge is 2.23. The third kappa shape index (κ3) is 2.90. The molecule has 0 aliphatic carbocycles. The van der Waals surface area contributed by atoms with Gasteiger partial charge in [-0.15, -0.1) is 0 Å². The lowest BCUT2D eigenvalue weighted by molar-refractivity contribution is 0.0692. The Hall–Kier alpha value is -2.82. The third-order valence-corrected chi connectivity index (χ3v) is 3.92. The summed E-state index contributed by atoms with van der Waals surface area (Å²) < 4.78 is 0. The number of ketones is 1. The maximum Gasteiger partial charge on any atom is 0.336 e. The van der Waals surface area contributed by atoms with Gasteiger partial charge in [0.15, 0.2) is 5.78 Å². The van der Waals surface area contributed by atoms with Gasteiger partial charge in [0.1, 0.15) is 5.75 Å². The predicted octanol–water partition coefficient (Wildman–Crippen LogP) is 3.03. The van der Waals surface area contributed by atoms with Crippen LogP contribution in [-0.4, -0.2) is 22.0 Å². The van der Waals surface area contributed by atoms with Crippen molar-refractivity contribution in [1.29, 1.82) is 0 Å². The lowest BCUT2D eigenvalue weighted by atomic mass is 9.91. The van der Waals surface area contributed by atoms with Gasteiger partial charge in [-0.3, -0.25) is 4.79 Å². The van der Waals surface area contributed by atoms with Crippen molar-refractivity contribution < 1.29 is 19.8 Å². The molecule has 0 aliphatic rings. The molecule has 5 heteroatoms. The number of nitrogens with two attached hydrogens (primary N) is 1. The van der Waals surface area contributed by atoms with E-state index < -0.39 is 11.8 Å². The number of phenols is 1. The summed E-state index contributed by atoms with van der Waals surface area (Å²) in [5, 5.41) is 19.5. The van der Waals surface area contributed by atoms with E-state index in [2.05, 4.69) is 0 Å². The second kappa shape index (κ2) is 6.52. The molecule has 0 fully saturated rings. The van der Waals surface area contributed by atoms with Crippen molar-refractivity contribution in [2.75, 3.05) is 5.73 Å². The van der Waals surface area contributed by atoms with E-state index in [-0.39, 0.29) is 28.1 Å². The van der Waals surface area contributed by atoms with Crippen LogP contribution < -0.4 is 5.73 Å². The van der Waals surface area contributed by atoms with Crippen LogP contribution >= 0.6 is 0 Å². The molecule has 120 valence electrons. The summed E-state index contributed by atoms with van der Waals surface area (Å²) in [5.41, 5.74) is 7.79. The van der Waals surface area contributed by atoms with Crippen LogP contribution in [0.4, 0.5) is 5.69 Å². The standard InChI is InChI=1S/C18H19NO4/c1-3-10-9-14(17(21)15(19)11(10)4-2)16(20)12-7-5-6-8-13(12)18(22)23/h5-9,21H,3-4,19H2,1-2H3,(H,22,23). The lowest BCUT2D eigenvalue weighted by Gasteiger charge is -2.15. The van der Waals surface area contributed by atoms with Crippen LogP contribution in [0.5, 0.6) is 5.75 Å². The summed E-state index contributed by atoms with van der Waals surface area (Å²) in [6, 6.07) is 7.52. The number of hydrogen-bond donors (Lipinski definition) is 3. The SMILES string of the molecule is CCc1cc(C(=O)c2ccccc2C(=O)O)c(O)c(N)c1CC. The Morgan fingerprint density at radius 3 is 2.17 bits per heavy atom. The predicted molar refractivity (Wildman–Crippen MR) is 88.1 cm³/mol. The molecule has 0 radical (unpaired) electrons. The van der Waals surface area contributed by atoms with Crippen LogP contribution in [0.3, 0.4) is 0 Å². The van der Waals surface area contributed by atoms with E-state index in [1.165, 1.54) is 12.1 Å². The summed E-state index contributed by atoms with van der Waals surface area (Å²) in [5.74, 6) is -2.03. The first kappa shape index (κ1) is 16.5. The summed E-state index contributed by atoms with van der Waals surface area (Å²) >= 11 is 0. The van der Waals surface area contributed by atoms with Gasteiger partial charge in [-0.25, -0.2) is 4.79 Å². The minimum Gasteiger partial charge on any atom is -0.505 e. The van der Waals surface area contributed by atoms with E-state index in [1.807, 2.05) is 13.8 Å². The molecule has 2 aromatic carbocycles. The number of anilines is 1. The van der Waals surface area contributed by atoms with Gasteiger partial charge in [-0.1, -0.05) is 32.0 Å². The molecule has 0 heterocycles. The minimum atomic E-state index is -1.19. The van der Waals surface area contributed by atoms with Gasteiger partial charge in [-0.05, 0) is 36.1 Å². The average molecular weight is 313 g/mol. The first-order chi connectivity index (χ1) is 10.9. The summed E-state index contributed by atoms with van der Waals surface area (Å²) in [6.07, 6.45) is 1.30. The van der Waals surface area contributed by atoms with Crippen molar-refractivity contribution in [3.8, 4) is 5.75 Å². The fourth-order valence-electron chi connectivity index (χ4n) is 2.71. The molecule has 0 bridgehead atoms. The van der Waals surface area contributed by atoms with E-state index in [9.17, 15) is 19.8 Å². The smallest absolute Gasteiger partial charge is 0.336 e. The summed E-state index contributed by atoms with van der Waals surface area (Å²) in [7, 11) is 0. The number of carbonyl (C=O) groups is 2. The lowest BCUT2D eigenvalue weighted by Crippen LogP contribution is -2.12. The molecule has 5 nitrogen and oxygen atoms in total. The molecular formula is C18H19NO4. The maximum atomic E-state index is 12.7. The Morgan fingerprint density at radius 2 is 1.65 bits per heavy atom. The first-order valence-electron chi connectivity index (χ1n) is 7.42. The minimum absolute atomic E-state index is 0.0287. The van der Waals surface area contributed by atoms with Gasteiger partial charge in [0.05, 0.1) is 16.8 Å². The number of aromatic carboxylic acids is 1.